The van der Waals surface area contributed by atoms with Crippen molar-refractivity contribution in [1.82, 2.24) is 19.5 Å². The number of imidazole rings is 1. The molecule has 1 aliphatic heterocycles. The van der Waals surface area contributed by atoms with Crippen LogP contribution in [0.25, 0.3) is 11.2 Å². The second-order valence-electron chi connectivity index (χ2n) is 4.18. The summed E-state index contributed by atoms with van der Waals surface area (Å²) >= 11 is 0. The summed E-state index contributed by atoms with van der Waals surface area (Å²) in [6, 6.07) is 0. The molecular weight excluding hydrogens is 222 g/mol. The van der Waals surface area contributed by atoms with E-state index in [1.54, 1.807) is 10.9 Å². The van der Waals surface area contributed by atoms with Crippen molar-refractivity contribution in [2.24, 2.45) is 0 Å². The van der Waals surface area contributed by atoms with Gasteiger partial charge in [-0.05, 0) is 6.92 Å². The first-order valence-electron chi connectivity index (χ1n) is 5.43. The summed E-state index contributed by atoms with van der Waals surface area (Å²) in [5.41, 5.74) is 6.89. The fraction of sp³-hybridized carbons (Fsp3) is 0.500. The molecule has 0 aliphatic carbocycles. The van der Waals surface area contributed by atoms with Gasteiger partial charge in [0.2, 0.25) is 0 Å². The topological polar surface area (TPSA) is 99.1 Å². The molecule has 0 bridgehead atoms. The molecule has 0 radical (unpaired) electrons. The Morgan fingerprint density at radius 1 is 1.47 bits per heavy atom. The minimum atomic E-state index is -0.461. The second kappa shape index (κ2) is 3.64. The van der Waals surface area contributed by atoms with Gasteiger partial charge in [-0.2, -0.15) is 0 Å². The highest BCUT2D eigenvalue weighted by Crippen LogP contribution is 2.30. The third kappa shape index (κ3) is 1.55. The number of anilines is 1. The summed E-state index contributed by atoms with van der Waals surface area (Å²) in [4.78, 5) is 12.2. The Morgan fingerprint density at radius 2 is 2.29 bits per heavy atom. The first-order chi connectivity index (χ1) is 8.16. The number of nitrogens with zero attached hydrogens (tertiary/aromatic N) is 4. The maximum atomic E-state index is 9.68. The molecule has 2 unspecified atom stereocenters. The van der Waals surface area contributed by atoms with Crippen LogP contribution in [0.2, 0.25) is 0 Å². The number of hydrogen-bond donors (Lipinski definition) is 2. The molecule has 7 heteroatoms. The molecule has 1 saturated heterocycles. The summed E-state index contributed by atoms with van der Waals surface area (Å²) in [6.07, 6.45) is 2.64. The van der Waals surface area contributed by atoms with Gasteiger partial charge in [-0.1, -0.05) is 0 Å². The van der Waals surface area contributed by atoms with Gasteiger partial charge in [0.25, 0.3) is 0 Å². The van der Waals surface area contributed by atoms with Crippen molar-refractivity contribution >= 4 is 17.0 Å². The quantitative estimate of drug-likeness (QED) is 0.726. The maximum absolute atomic E-state index is 9.68. The lowest BCUT2D eigenvalue weighted by Gasteiger charge is -2.12. The van der Waals surface area contributed by atoms with Gasteiger partial charge in [0, 0.05) is 6.42 Å². The standard InChI is InChI=1S/C10H13N5O2/c1-5-6(16)2-7(17-5)15-4-14-8-9(11)12-3-13-10(8)15/h3-7,16H,2H2,1H3,(H2,11,12,13)/t5?,6?,7-/m1/s1. The van der Waals surface area contributed by atoms with Gasteiger partial charge < -0.3 is 15.6 Å². The number of nitrogen functional groups attached to an aromatic ring is 1. The molecule has 0 saturated carbocycles. The Kier molecular flexibility index (Phi) is 2.23. The fourth-order valence-corrected chi connectivity index (χ4v) is 2.05. The summed E-state index contributed by atoms with van der Waals surface area (Å²) < 4.78 is 7.42. The number of rotatable bonds is 1. The highest BCUT2D eigenvalue weighted by atomic mass is 16.5. The van der Waals surface area contributed by atoms with Crippen LogP contribution in [0.15, 0.2) is 12.7 Å². The first kappa shape index (κ1) is 10.4. The molecule has 3 rings (SSSR count). The van der Waals surface area contributed by atoms with E-state index < -0.39 is 6.10 Å². The predicted molar refractivity (Wildman–Crippen MR) is 59.9 cm³/mol. The number of ether oxygens (including phenoxy) is 1. The van der Waals surface area contributed by atoms with E-state index in [9.17, 15) is 5.11 Å². The summed E-state index contributed by atoms with van der Waals surface area (Å²) in [6.45, 7) is 1.84. The van der Waals surface area contributed by atoms with Crippen LogP contribution in [0.1, 0.15) is 19.6 Å². The molecule has 3 heterocycles. The van der Waals surface area contributed by atoms with Crippen LogP contribution in [0.3, 0.4) is 0 Å². The molecular formula is C10H13N5O2. The molecule has 90 valence electrons. The Morgan fingerprint density at radius 3 is 3.00 bits per heavy atom. The van der Waals surface area contributed by atoms with Gasteiger partial charge in [-0.3, -0.25) is 4.57 Å². The second-order valence-corrected chi connectivity index (χ2v) is 4.18. The molecule has 0 aromatic carbocycles. The van der Waals surface area contributed by atoms with Gasteiger partial charge in [0.1, 0.15) is 18.1 Å². The fourth-order valence-electron chi connectivity index (χ4n) is 2.05. The Labute approximate surface area is 97.3 Å². The molecule has 7 nitrogen and oxygen atoms in total. The molecule has 0 amide bonds. The molecule has 1 fully saturated rings. The minimum absolute atomic E-state index is 0.184. The van der Waals surface area contributed by atoms with Crippen molar-refractivity contribution in [1.29, 1.82) is 0 Å². The van der Waals surface area contributed by atoms with Gasteiger partial charge in [-0.25, -0.2) is 15.0 Å². The van der Waals surface area contributed by atoms with E-state index in [2.05, 4.69) is 15.0 Å². The molecule has 2 aromatic heterocycles. The zero-order valence-electron chi connectivity index (χ0n) is 9.32. The van der Waals surface area contributed by atoms with Crippen molar-refractivity contribution in [3.8, 4) is 0 Å². The van der Waals surface area contributed by atoms with Crippen molar-refractivity contribution in [3.05, 3.63) is 12.7 Å². The van der Waals surface area contributed by atoms with Gasteiger partial charge in [0.05, 0.1) is 18.5 Å². The monoisotopic (exact) mass is 235 g/mol. The lowest BCUT2D eigenvalue weighted by atomic mass is 10.2. The number of nitrogens with two attached hydrogens (primary N) is 1. The number of aromatic nitrogens is 4. The first-order valence-corrected chi connectivity index (χ1v) is 5.43. The number of hydrogen-bond acceptors (Lipinski definition) is 6. The summed E-state index contributed by atoms with van der Waals surface area (Å²) in [5.74, 6) is 0.348. The number of fused-ring (bicyclic) bond motifs is 1. The van der Waals surface area contributed by atoms with Crippen LogP contribution in [-0.4, -0.2) is 36.8 Å². The largest absolute Gasteiger partial charge is 0.390 e. The third-order valence-corrected chi connectivity index (χ3v) is 3.05. The molecule has 0 spiro atoms. The SMILES string of the molecule is CC1O[C@@H](n2cnc3c(N)ncnc32)CC1O. The van der Waals surface area contributed by atoms with E-state index in [0.29, 0.717) is 23.4 Å². The van der Waals surface area contributed by atoms with Crippen LogP contribution < -0.4 is 5.73 Å². The van der Waals surface area contributed by atoms with E-state index >= 15 is 0 Å². The van der Waals surface area contributed by atoms with Crippen molar-refractivity contribution in [3.63, 3.8) is 0 Å². The zero-order chi connectivity index (χ0) is 12.0. The van der Waals surface area contributed by atoms with E-state index in [1.165, 1.54) is 6.33 Å². The summed E-state index contributed by atoms with van der Waals surface area (Å²) in [5, 5.41) is 9.68. The van der Waals surface area contributed by atoms with Crippen molar-refractivity contribution in [2.75, 3.05) is 5.73 Å². The normalized spacial score (nSPS) is 28.9. The highest BCUT2D eigenvalue weighted by Gasteiger charge is 2.32. The molecule has 3 atom stereocenters. The van der Waals surface area contributed by atoms with Crippen LogP contribution >= 0.6 is 0 Å². The average Bonchev–Trinajstić information content (AvgIpc) is 2.85. The van der Waals surface area contributed by atoms with Crippen LogP contribution in [0.4, 0.5) is 5.82 Å². The lowest BCUT2D eigenvalue weighted by Crippen LogP contribution is -2.15. The molecule has 2 aromatic rings. The minimum Gasteiger partial charge on any atom is -0.390 e. The van der Waals surface area contributed by atoms with E-state index in [0.717, 1.165) is 0 Å². The van der Waals surface area contributed by atoms with Gasteiger partial charge in [0.15, 0.2) is 11.5 Å². The van der Waals surface area contributed by atoms with Crippen LogP contribution in [0, 0.1) is 0 Å². The van der Waals surface area contributed by atoms with E-state index in [1.807, 2.05) is 6.92 Å². The molecule has 3 N–H and O–H groups in total. The third-order valence-electron chi connectivity index (χ3n) is 3.05. The van der Waals surface area contributed by atoms with E-state index in [4.69, 9.17) is 10.5 Å². The van der Waals surface area contributed by atoms with Crippen molar-refractivity contribution < 1.29 is 9.84 Å². The lowest BCUT2D eigenvalue weighted by molar-refractivity contribution is -0.00632. The average molecular weight is 235 g/mol. The Hall–Kier alpha value is -1.73. The highest BCUT2D eigenvalue weighted by molar-refractivity contribution is 5.81. The van der Waals surface area contributed by atoms with Crippen LogP contribution in [0.5, 0.6) is 0 Å². The van der Waals surface area contributed by atoms with Gasteiger partial charge >= 0.3 is 0 Å². The zero-order valence-corrected chi connectivity index (χ0v) is 9.32. The smallest absolute Gasteiger partial charge is 0.167 e. The van der Waals surface area contributed by atoms with Gasteiger partial charge in [-0.15, -0.1) is 0 Å². The molecule has 1 aliphatic rings. The maximum Gasteiger partial charge on any atom is 0.167 e. The summed E-state index contributed by atoms with van der Waals surface area (Å²) in [7, 11) is 0. The Balaban J connectivity index is 2.04. The van der Waals surface area contributed by atoms with Crippen LogP contribution in [-0.2, 0) is 4.74 Å². The molecule has 17 heavy (non-hydrogen) atoms. The number of aliphatic hydroxyl groups is 1. The Bertz CT molecular complexity index is 545. The predicted octanol–water partition coefficient (Wildman–Crippen LogP) is 0.0768. The van der Waals surface area contributed by atoms with Crippen molar-refractivity contribution in [2.45, 2.75) is 31.8 Å². The number of aliphatic hydroxyl groups excluding tert-OH is 1. The van der Waals surface area contributed by atoms with E-state index in [-0.39, 0.29) is 12.3 Å².